The van der Waals surface area contributed by atoms with Crippen LogP contribution in [0.1, 0.15) is 26.2 Å². The van der Waals surface area contributed by atoms with Crippen molar-refractivity contribution in [3.63, 3.8) is 0 Å². The number of hydrogen-bond acceptors (Lipinski definition) is 4. The van der Waals surface area contributed by atoms with Crippen LogP contribution in [-0.4, -0.2) is 48.2 Å². The molecule has 0 amide bonds. The quantitative estimate of drug-likeness (QED) is 0.546. The van der Waals surface area contributed by atoms with E-state index in [0.29, 0.717) is 32.6 Å². The minimum absolute atomic E-state index is 0.271. The third-order valence-electron chi connectivity index (χ3n) is 2.62. The largest absolute Gasteiger partial charge is 0.393 e. The summed E-state index contributed by atoms with van der Waals surface area (Å²) in [6.45, 7) is 4.41. The Balaban J connectivity index is 2.09. The molecule has 0 spiro atoms. The van der Waals surface area contributed by atoms with Gasteiger partial charge in [-0.3, -0.25) is 0 Å². The zero-order valence-corrected chi connectivity index (χ0v) is 8.83. The van der Waals surface area contributed by atoms with Gasteiger partial charge in [0.05, 0.1) is 11.7 Å². The molecule has 4 nitrogen and oxygen atoms in total. The number of aliphatic hydroxyl groups is 2. The summed E-state index contributed by atoms with van der Waals surface area (Å²) in [6.07, 6.45) is 1.86. The molecule has 0 radical (unpaired) electrons. The van der Waals surface area contributed by atoms with Gasteiger partial charge in [0.25, 0.3) is 0 Å². The molecule has 0 bridgehead atoms. The first-order valence-corrected chi connectivity index (χ1v) is 5.31. The number of ether oxygens (including phenoxy) is 1. The van der Waals surface area contributed by atoms with Crippen molar-refractivity contribution >= 4 is 0 Å². The van der Waals surface area contributed by atoms with Crippen molar-refractivity contribution < 1.29 is 14.9 Å². The topological polar surface area (TPSA) is 61.7 Å². The van der Waals surface area contributed by atoms with E-state index in [1.807, 2.05) is 0 Å². The molecule has 84 valence electrons. The SMILES string of the molecule is CC(O)CCNCC1(O)CCOCC1. The summed E-state index contributed by atoms with van der Waals surface area (Å²) in [5, 5.41) is 22.2. The van der Waals surface area contributed by atoms with Crippen LogP contribution in [0.4, 0.5) is 0 Å². The molecule has 1 heterocycles. The molecule has 0 aromatic heterocycles. The van der Waals surface area contributed by atoms with Crippen molar-refractivity contribution in [1.29, 1.82) is 0 Å². The van der Waals surface area contributed by atoms with Crippen molar-refractivity contribution in [1.82, 2.24) is 5.32 Å². The smallest absolute Gasteiger partial charge is 0.0815 e. The highest BCUT2D eigenvalue weighted by molar-refractivity contribution is 4.83. The summed E-state index contributed by atoms with van der Waals surface area (Å²) in [5.41, 5.74) is -0.600. The summed E-state index contributed by atoms with van der Waals surface area (Å²) < 4.78 is 5.18. The van der Waals surface area contributed by atoms with Crippen molar-refractivity contribution in [3.8, 4) is 0 Å². The molecular weight excluding hydrogens is 182 g/mol. The molecule has 0 aliphatic carbocycles. The van der Waals surface area contributed by atoms with Crippen LogP contribution >= 0.6 is 0 Å². The second-order valence-corrected chi connectivity index (χ2v) is 4.15. The number of nitrogens with one attached hydrogen (secondary N) is 1. The lowest BCUT2D eigenvalue weighted by molar-refractivity contribution is -0.0616. The maximum Gasteiger partial charge on any atom is 0.0815 e. The van der Waals surface area contributed by atoms with Gasteiger partial charge in [-0.2, -0.15) is 0 Å². The molecule has 1 fully saturated rings. The van der Waals surface area contributed by atoms with E-state index in [9.17, 15) is 5.11 Å². The van der Waals surface area contributed by atoms with Crippen molar-refractivity contribution in [2.24, 2.45) is 0 Å². The van der Waals surface area contributed by atoms with Gasteiger partial charge in [0.2, 0.25) is 0 Å². The number of aliphatic hydroxyl groups excluding tert-OH is 1. The predicted octanol–water partition coefficient (Wildman–Crippen LogP) is -0.112. The Kier molecular flexibility index (Phi) is 4.81. The Morgan fingerprint density at radius 1 is 1.43 bits per heavy atom. The number of rotatable bonds is 5. The van der Waals surface area contributed by atoms with Gasteiger partial charge in [0.1, 0.15) is 0 Å². The molecule has 14 heavy (non-hydrogen) atoms. The second kappa shape index (κ2) is 5.66. The van der Waals surface area contributed by atoms with Crippen LogP contribution in [-0.2, 0) is 4.74 Å². The third kappa shape index (κ3) is 4.37. The second-order valence-electron chi connectivity index (χ2n) is 4.15. The lowest BCUT2D eigenvalue weighted by Gasteiger charge is -2.32. The van der Waals surface area contributed by atoms with E-state index >= 15 is 0 Å². The molecule has 0 aromatic rings. The Morgan fingerprint density at radius 2 is 2.07 bits per heavy atom. The van der Waals surface area contributed by atoms with E-state index in [2.05, 4.69) is 5.32 Å². The van der Waals surface area contributed by atoms with Gasteiger partial charge in [0.15, 0.2) is 0 Å². The molecule has 1 aliphatic rings. The van der Waals surface area contributed by atoms with Crippen molar-refractivity contribution in [2.75, 3.05) is 26.3 Å². The lowest BCUT2D eigenvalue weighted by Crippen LogP contribution is -2.45. The highest BCUT2D eigenvalue weighted by atomic mass is 16.5. The standard InChI is InChI=1S/C10H21NO3/c1-9(12)2-5-11-8-10(13)3-6-14-7-4-10/h9,11-13H,2-8H2,1H3. The minimum atomic E-state index is -0.600. The first-order chi connectivity index (χ1) is 6.62. The van der Waals surface area contributed by atoms with Crippen LogP contribution in [0.3, 0.4) is 0 Å². The maximum atomic E-state index is 10.0. The van der Waals surface area contributed by atoms with Crippen molar-refractivity contribution in [3.05, 3.63) is 0 Å². The molecule has 0 aromatic carbocycles. The fourth-order valence-corrected chi connectivity index (χ4v) is 1.56. The zero-order chi connectivity index (χ0) is 10.4. The van der Waals surface area contributed by atoms with Gasteiger partial charge in [0, 0.05) is 32.6 Å². The predicted molar refractivity (Wildman–Crippen MR) is 54.2 cm³/mol. The third-order valence-corrected chi connectivity index (χ3v) is 2.62. The zero-order valence-electron chi connectivity index (χ0n) is 8.83. The Hall–Kier alpha value is -0.160. The lowest BCUT2D eigenvalue weighted by atomic mass is 9.94. The first-order valence-electron chi connectivity index (χ1n) is 5.31. The van der Waals surface area contributed by atoms with E-state index < -0.39 is 5.60 Å². The highest BCUT2D eigenvalue weighted by Gasteiger charge is 2.28. The average molecular weight is 203 g/mol. The summed E-state index contributed by atoms with van der Waals surface area (Å²) in [7, 11) is 0. The van der Waals surface area contributed by atoms with E-state index in [4.69, 9.17) is 9.84 Å². The van der Waals surface area contributed by atoms with Gasteiger partial charge in [-0.25, -0.2) is 0 Å². The normalized spacial score (nSPS) is 23.4. The highest BCUT2D eigenvalue weighted by Crippen LogP contribution is 2.18. The van der Waals surface area contributed by atoms with E-state index in [1.54, 1.807) is 6.92 Å². The molecule has 0 saturated carbocycles. The molecule has 1 aliphatic heterocycles. The molecular formula is C10H21NO3. The Labute approximate surface area is 85.3 Å². The van der Waals surface area contributed by atoms with Crippen LogP contribution < -0.4 is 5.32 Å². The van der Waals surface area contributed by atoms with Gasteiger partial charge in [-0.1, -0.05) is 0 Å². The Bertz CT molecular complexity index is 155. The molecule has 3 N–H and O–H groups in total. The van der Waals surface area contributed by atoms with Crippen LogP contribution in [0.2, 0.25) is 0 Å². The summed E-state index contributed by atoms with van der Waals surface area (Å²) in [5.74, 6) is 0. The first kappa shape index (κ1) is 11.9. The summed E-state index contributed by atoms with van der Waals surface area (Å²) in [6, 6.07) is 0. The summed E-state index contributed by atoms with van der Waals surface area (Å²) in [4.78, 5) is 0. The molecule has 1 saturated heterocycles. The summed E-state index contributed by atoms with van der Waals surface area (Å²) >= 11 is 0. The molecule has 1 rings (SSSR count). The van der Waals surface area contributed by atoms with Gasteiger partial charge in [-0.15, -0.1) is 0 Å². The minimum Gasteiger partial charge on any atom is -0.393 e. The van der Waals surface area contributed by atoms with E-state index in [-0.39, 0.29) is 6.10 Å². The monoisotopic (exact) mass is 203 g/mol. The fraction of sp³-hybridized carbons (Fsp3) is 1.00. The molecule has 1 unspecified atom stereocenters. The maximum absolute atomic E-state index is 10.0. The van der Waals surface area contributed by atoms with Gasteiger partial charge in [-0.05, 0) is 19.9 Å². The Morgan fingerprint density at radius 3 is 2.64 bits per heavy atom. The van der Waals surface area contributed by atoms with Gasteiger partial charge < -0.3 is 20.3 Å². The van der Waals surface area contributed by atoms with E-state index in [0.717, 1.165) is 13.0 Å². The molecule has 4 heteroatoms. The fourth-order valence-electron chi connectivity index (χ4n) is 1.56. The van der Waals surface area contributed by atoms with Gasteiger partial charge >= 0.3 is 0 Å². The molecule has 1 atom stereocenters. The average Bonchev–Trinajstić information content (AvgIpc) is 2.14. The van der Waals surface area contributed by atoms with Crippen LogP contribution in [0.15, 0.2) is 0 Å². The number of hydrogen-bond donors (Lipinski definition) is 3. The van der Waals surface area contributed by atoms with Crippen LogP contribution in [0, 0.1) is 0 Å². The van der Waals surface area contributed by atoms with Crippen LogP contribution in [0.25, 0.3) is 0 Å². The van der Waals surface area contributed by atoms with E-state index in [1.165, 1.54) is 0 Å². The van der Waals surface area contributed by atoms with Crippen molar-refractivity contribution in [2.45, 2.75) is 37.9 Å². The van der Waals surface area contributed by atoms with Crippen LogP contribution in [0.5, 0.6) is 0 Å².